The zero-order valence-electron chi connectivity index (χ0n) is 17.2. The Hall–Kier alpha value is -2.05. The molecule has 0 N–H and O–H groups in total. The zero-order valence-corrected chi connectivity index (χ0v) is 17.2. The molecule has 2 saturated heterocycles. The molecule has 0 bridgehead atoms. The Morgan fingerprint density at radius 1 is 1.25 bits per heavy atom. The first-order valence-electron chi connectivity index (χ1n) is 10.2. The van der Waals surface area contributed by atoms with Gasteiger partial charge in [0, 0.05) is 45.4 Å². The van der Waals surface area contributed by atoms with Crippen LogP contribution in [0.3, 0.4) is 0 Å². The number of carbonyl (C=O) groups is 1. The summed E-state index contributed by atoms with van der Waals surface area (Å²) in [5, 5.41) is 0. The highest BCUT2D eigenvalue weighted by Gasteiger charge is 2.24. The molecule has 3 rings (SSSR count). The third-order valence-corrected chi connectivity index (χ3v) is 5.14. The molecule has 154 valence electrons. The van der Waals surface area contributed by atoms with Gasteiger partial charge in [0.1, 0.15) is 0 Å². The number of carbonyl (C=O) groups excluding carboxylic acids is 1. The van der Waals surface area contributed by atoms with E-state index in [4.69, 9.17) is 14.2 Å². The van der Waals surface area contributed by atoms with E-state index in [1.807, 2.05) is 43.0 Å². The van der Waals surface area contributed by atoms with Crippen LogP contribution >= 0.6 is 0 Å². The Balaban J connectivity index is 1.51. The molecule has 0 spiro atoms. The summed E-state index contributed by atoms with van der Waals surface area (Å²) in [6.45, 7) is 9.19. The Labute approximate surface area is 168 Å². The van der Waals surface area contributed by atoms with Crippen LogP contribution in [0.25, 0.3) is 6.08 Å². The molecule has 0 radical (unpaired) electrons. The molecule has 0 aliphatic carbocycles. The summed E-state index contributed by atoms with van der Waals surface area (Å²) >= 11 is 0. The molecule has 1 amide bonds. The van der Waals surface area contributed by atoms with E-state index in [0.29, 0.717) is 17.6 Å². The van der Waals surface area contributed by atoms with E-state index in [0.717, 1.165) is 51.3 Å². The van der Waals surface area contributed by atoms with Crippen molar-refractivity contribution in [1.29, 1.82) is 0 Å². The molecule has 1 atom stereocenters. The highest BCUT2D eigenvalue weighted by atomic mass is 16.5. The van der Waals surface area contributed by atoms with Gasteiger partial charge in [-0.3, -0.25) is 9.69 Å². The van der Waals surface area contributed by atoms with E-state index in [2.05, 4.69) is 4.90 Å². The minimum Gasteiger partial charge on any atom is -0.493 e. The number of hydrogen-bond donors (Lipinski definition) is 0. The van der Waals surface area contributed by atoms with Crippen molar-refractivity contribution >= 4 is 12.0 Å². The van der Waals surface area contributed by atoms with Crippen LogP contribution in [0.2, 0.25) is 0 Å². The summed E-state index contributed by atoms with van der Waals surface area (Å²) in [6, 6.07) is 5.71. The minimum atomic E-state index is 0.0539. The second kappa shape index (κ2) is 9.94. The molecule has 2 fully saturated rings. The molecule has 2 aliphatic heterocycles. The van der Waals surface area contributed by atoms with Crippen LogP contribution in [0.15, 0.2) is 24.3 Å². The second-order valence-electron chi connectivity index (χ2n) is 7.67. The number of rotatable bonds is 7. The summed E-state index contributed by atoms with van der Waals surface area (Å²) in [4.78, 5) is 16.8. The van der Waals surface area contributed by atoms with Gasteiger partial charge in [0.2, 0.25) is 5.91 Å². The standard InChI is InChI=1S/C22H32N2O4/c1-17(2)28-20-8-6-18(15-21(20)26-3)7-9-22(25)24-12-10-23(11-13-24)16-19-5-4-14-27-19/h6-9,15,17,19H,4-5,10-14,16H2,1-3H3/b9-7+. The smallest absolute Gasteiger partial charge is 0.246 e. The van der Waals surface area contributed by atoms with Crippen molar-refractivity contribution in [3.8, 4) is 11.5 Å². The first-order chi connectivity index (χ1) is 13.5. The van der Waals surface area contributed by atoms with E-state index < -0.39 is 0 Å². The lowest BCUT2D eigenvalue weighted by Crippen LogP contribution is -2.50. The van der Waals surface area contributed by atoms with Crippen LogP contribution in [0, 0.1) is 0 Å². The van der Waals surface area contributed by atoms with Crippen molar-refractivity contribution < 1.29 is 19.0 Å². The Kier molecular flexibility index (Phi) is 7.34. The third-order valence-electron chi connectivity index (χ3n) is 5.14. The number of hydrogen-bond acceptors (Lipinski definition) is 5. The average molecular weight is 389 g/mol. The minimum absolute atomic E-state index is 0.0539. The lowest BCUT2D eigenvalue weighted by atomic mass is 10.1. The molecule has 1 unspecified atom stereocenters. The molecule has 2 heterocycles. The highest BCUT2D eigenvalue weighted by Crippen LogP contribution is 2.29. The topological polar surface area (TPSA) is 51.2 Å². The van der Waals surface area contributed by atoms with Crippen LogP contribution in [0.5, 0.6) is 11.5 Å². The first-order valence-corrected chi connectivity index (χ1v) is 10.2. The number of nitrogens with zero attached hydrogens (tertiary/aromatic N) is 2. The van der Waals surface area contributed by atoms with Crippen LogP contribution in [-0.4, -0.2) is 74.4 Å². The molecule has 1 aromatic rings. The lowest BCUT2D eigenvalue weighted by Gasteiger charge is -2.35. The van der Waals surface area contributed by atoms with Crippen molar-refractivity contribution in [3.63, 3.8) is 0 Å². The Bertz CT molecular complexity index is 675. The van der Waals surface area contributed by atoms with E-state index in [9.17, 15) is 4.79 Å². The van der Waals surface area contributed by atoms with Crippen molar-refractivity contribution in [2.45, 2.75) is 38.9 Å². The lowest BCUT2D eigenvalue weighted by molar-refractivity contribution is -0.127. The largest absolute Gasteiger partial charge is 0.493 e. The normalized spacial score (nSPS) is 20.9. The highest BCUT2D eigenvalue weighted by molar-refractivity contribution is 5.92. The van der Waals surface area contributed by atoms with Gasteiger partial charge in [-0.15, -0.1) is 0 Å². The summed E-state index contributed by atoms with van der Waals surface area (Å²) in [6.07, 6.45) is 6.27. The average Bonchev–Trinajstić information content (AvgIpc) is 3.20. The molecule has 28 heavy (non-hydrogen) atoms. The predicted molar refractivity (Wildman–Crippen MR) is 110 cm³/mol. The summed E-state index contributed by atoms with van der Waals surface area (Å²) in [5.74, 6) is 1.44. The molecular weight excluding hydrogens is 356 g/mol. The van der Waals surface area contributed by atoms with E-state index in [-0.39, 0.29) is 12.0 Å². The fourth-order valence-electron chi connectivity index (χ4n) is 3.64. The summed E-state index contributed by atoms with van der Waals surface area (Å²) < 4.78 is 16.9. The fourth-order valence-corrected chi connectivity index (χ4v) is 3.64. The molecule has 1 aromatic carbocycles. The molecule has 6 nitrogen and oxygen atoms in total. The van der Waals surface area contributed by atoms with Gasteiger partial charge in [0.25, 0.3) is 0 Å². The van der Waals surface area contributed by atoms with E-state index in [1.165, 1.54) is 6.42 Å². The van der Waals surface area contributed by atoms with Crippen LogP contribution in [0.4, 0.5) is 0 Å². The number of ether oxygens (including phenoxy) is 3. The zero-order chi connectivity index (χ0) is 19.9. The van der Waals surface area contributed by atoms with Crippen LogP contribution in [-0.2, 0) is 9.53 Å². The van der Waals surface area contributed by atoms with Gasteiger partial charge in [-0.25, -0.2) is 0 Å². The summed E-state index contributed by atoms with van der Waals surface area (Å²) in [5.41, 5.74) is 0.915. The maximum atomic E-state index is 12.5. The molecular formula is C22H32N2O4. The van der Waals surface area contributed by atoms with Crippen molar-refractivity contribution in [2.24, 2.45) is 0 Å². The first kappa shape index (κ1) is 20.7. The van der Waals surface area contributed by atoms with Crippen molar-refractivity contribution in [3.05, 3.63) is 29.8 Å². The number of piperazine rings is 1. The maximum Gasteiger partial charge on any atom is 0.246 e. The van der Waals surface area contributed by atoms with Gasteiger partial charge in [-0.1, -0.05) is 6.07 Å². The Morgan fingerprint density at radius 3 is 2.68 bits per heavy atom. The van der Waals surface area contributed by atoms with Crippen LogP contribution in [0.1, 0.15) is 32.3 Å². The SMILES string of the molecule is COc1cc(/C=C/C(=O)N2CCN(CC3CCCO3)CC2)ccc1OC(C)C. The van der Waals surface area contributed by atoms with E-state index >= 15 is 0 Å². The number of amides is 1. The molecule has 0 saturated carbocycles. The van der Waals surface area contributed by atoms with Gasteiger partial charge in [-0.05, 0) is 50.5 Å². The number of benzene rings is 1. The Morgan fingerprint density at radius 2 is 2.04 bits per heavy atom. The summed E-state index contributed by atoms with van der Waals surface area (Å²) in [7, 11) is 1.62. The maximum absolute atomic E-state index is 12.5. The van der Waals surface area contributed by atoms with Gasteiger partial charge in [0.05, 0.1) is 19.3 Å². The molecule has 2 aliphatic rings. The monoisotopic (exact) mass is 388 g/mol. The third kappa shape index (κ3) is 5.72. The second-order valence-corrected chi connectivity index (χ2v) is 7.67. The van der Waals surface area contributed by atoms with Gasteiger partial charge in [-0.2, -0.15) is 0 Å². The van der Waals surface area contributed by atoms with Crippen molar-refractivity contribution in [1.82, 2.24) is 9.80 Å². The van der Waals surface area contributed by atoms with Gasteiger partial charge < -0.3 is 19.1 Å². The fraction of sp³-hybridized carbons (Fsp3) is 0.591. The van der Waals surface area contributed by atoms with Crippen molar-refractivity contribution in [2.75, 3.05) is 46.4 Å². The van der Waals surface area contributed by atoms with Gasteiger partial charge in [0.15, 0.2) is 11.5 Å². The molecule has 6 heteroatoms. The van der Waals surface area contributed by atoms with E-state index in [1.54, 1.807) is 13.2 Å². The molecule has 0 aromatic heterocycles. The van der Waals surface area contributed by atoms with Crippen LogP contribution < -0.4 is 9.47 Å². The predicted octanol–water partition coefficient (Wildman–Crippen LogP) is 2.82. The number of methoxy groups -OCH3 is 1. The van der Waals surface area contributed by atoms with Gasteiger partial charge >= 0.3 is 0 Å². The quantitative estimate of drug-likeness (QED) is 0.673.